The highest BCUT2D eigenvalue weighted by molar-refractivity contribution is 5.77. The molecular weight excluding hydrogens is 719 g/mol. The van der Waals surface area contributed by atoms with Crippen LogP contribution in [-0.2, 0) is 14.3 Å². The summed E-state index contributed by atoms with van der Waals surface area (Å²) in [7, 11) is 0. The van der Waals surface area contributed by atoms with E-state index in [0.717, 1.165) is 83.5 Å². The van der Waals surface area contributed by atoms with Crippen LogP contribution in [0.4, 0.5) is 0 Å². The standard InChI is InChI=1S/C52H97NO5/c1-4-7-10-13-16-19-22-24-25-26-28-29-31-34-37-40-43-48(58-52(57)45-42-39-36-33-21-18-15-12-9-6-3)46-51(56)53-49(47-54)50(55)44-41-38-35-32-30-27-23-20-17-14-11-8-5-2/h12,15,25-26,28-29,48-50,54-55H,4-11,13-14,16-24,27,30-47H2,1-3H3,(H,53,56)/b15-12-,26-25+,29-28+. The van der Waals surface area contributed by atoms with E-state index in [0.29, 0.717) is 19.3 Å². The van der Waals surface area contributed by atoms with Gasteiger partial charge in [-0.25, -0.2) is 0 Å². The number of aliphatic hydroxyl groups excluding tert-OH is 2. The molecule has 3 atom stereocenters. The van der Waals surface area contributed by atoms with Gasteiger partial charge >= 0.3 is 5.97 Å². The van der Waals surface area contributed by atoms with Gasteiger partial charge in [-0.3, -0.25) is 9.59 Å². The molecule has 0 aliphatic heterocycles. The summed E-state index contributed by atoms with van der Waals surface area (Å²) < 4.78 is 5.90. The molecule has 0 aromatic rings. The average molecular weight is 816 g/mol. The molecule has 0 radical (unpaired) electrons. The molecule has 0 saturated heterocycles. The average Bonchev–Trinajstić information content (AvgIpc) is 3.22. The van der Waals surface area contributed by atoms with Crippen molar-refractivity contribution in [3.8, 4) is 0 Å². The zero-order chi connectivity index (χ0) is 42.4. The fourth-order valence-electron chi connectivity index (χ4n) is 7.60. The van der Waals surface area contributed by atoms with Gasteiger partial charge in [0.05, 0.1) is 25.2 Å². The monoisotopic (exact) mass is 816 g/mol. The molecule has 340 valence electrons. The maximum absolute atomic E-state index is 13.2. The van der Waals surface area contributed by atoms with Crippen LogP contribution in [0.1, 0.15) is 258 Å². The normalized spacial score (nSPS) is 13.5. The van der Waals surface area contributed by atoms with E-state index in [2.05, 4.69) is 62.5 Å². The summed E-state index contributed by atoms with van der Waals surface area (Å²) >= 11 is 0. The van der Waals surface area contributed by atoms with E-state index in [4.69, 9.17) is 4.74 Å². The van der Waals surface area contributed by atoms with Crippen LogP contribution in [0.15, 0.2) is 36.5 Å². The molecule has 6 nitrogen and oxygen atoms in total. The molecular formula is C52H97NO5. The second kappa shape index (κ2) is 46.2. The molecule has 0 aromatic heterocycles. The zero-order valence-corrected chi connectivity index (χ0v) is 38.7. The van der Waals surface area contributed by atoms with Crippen molar-refractivity contribution >= 4 is 11.9 Å². The Kier molecular flexibility index (Phi) is 44.6. The summed E-state index contributed by atoms with van der Waals surface area (Å²) in [4.78, 5) is 26.0. The van der Waals surface area contributed by atoms with Gasteiger partial charge in [0.2, 0.25) is 5.91 Å². The number of allylic oxidation sites excluding steroid dienone is 6. The van der Waals surface area contributed by atoms with Crippen LogP contribution in [0, 0.1) is 0 Å². The van der Waals surface area contributed by atoms with Crippen molar-refractivity contribution in [2.45, 2.75) is 277 Å². The third-order valence-corrected chi connectivity index (χ3v) is 11.5. The smallest absolute Gasteiger partial charge is 0.306 e. The maximum atomic E-state index is 13.2. The van der Waals surface area contributed by atoms with Gasteiger partial charge in [0.25, 0.3) is 0 Å². The zero-order valence-electron chi connectivity index (χ0n) is 38.7. The minimum atomic E-state index is -0.793. The number of nitrogens with one attached hydrogen (secondary N) is 1. The molecule has 3 N–H and O–H groups in total. The molecule has 0 aliphatic rings. The second-order valence-electron chi connectivity index (χ2n) is 17.2. The molecule has 1 amide bonds. The predicted octanol–water partition coefficient (Wildman–Crippen LogP) is 14.9. The first-order valence-corrected chi connectivity index (χ1v) is 25.2. The molecule has 0 rings (SSSR count). The SMILES string of the molecule is CCC/C=C\CCCCCCCC(=O)OC(CCCCC/C=C/C=C/CCCCCCCCC)CC(=O)NC(CO)C(O)CCCCCCCCCCCCCCC. The number of amides is 1. The highest BCUT2D eigenvalue weighted by Gasteiger charge is 2.24. The minimum Gasteiger partial charge on any atom is -0.462 e. The van der Waals surface area contributed by atoms with Crippen molar-refractivity contribution < 1.29 is 24.5 Å². The van der Waals surface area contributed by atoms with Gasteiger partial charge < -0.3 is 20.3 Å². The Morgan fingerprint density at radius 3 is 1.41 bits per heavy atom. The van der Waals surface area contributed by atoms with Gasteiger partial charge in [-0.2, -0.15) is 0 Å². The van der Waals surface area contributed by atoms with Crippen LogP contribution in [0.3, 0.4) is 0 Å². The van der Waals surface area contributed by atoms with Gasteiger partial charge in [-0.15, -0.1) is 0 Å². The van der Waals surface area contributed by atoms with Crippen molar-refractivity contribution in [3.63, 3.8) is 0 Å². The third kappa shape index (κ3) is 40.8. The Hall–Kier alpha value is -1.92. The summed E-state index contributed by atoms with van der Waals surface area (Å²) in [5, 5.41) is 23.7. The summed E-state index contributed by atoms with van der Waals surface area (Å²) in [6, 6.07) is -0.709. The molecule has 0 fully saturated rings. The molecule has 0 heterocycles. The number of ether oxygens (including phenoxy) is 1. The molecule has 0 aliphatic carbocycles. The fourth-order valence-corrected chi connectivity index (χ4v) is 7.60. The van der Waals surface area contributed by atoms with E-state index in [1.54, 1.807) is 0 Å². The highest BCUT2D eigenvalue weighted by Crippen LogP contribution is 2.17. The number of carbonyl (C=O) groups is 2. The van der Waals surface area contributed by atoms with E-state index in [9.17, 15) is 19.8 Å². The maximum Gasteiger partial charge on any atom is 0.306 e. The molecule has 0 bridgehead atoms. The fraction of sp³-hybridized carbons (Fsp3) is 0.846. The molecule has 0 saturated carbocycles. The van der Waals surface area contributed by atoms with Gasteiger partial charge in [0.15, 0.2) is 0 Å². The number of aliphatic hydroxyl groups is 2. The lowest BCUT2D eigenvalue weighted by Gasteiger charge is -2.24. The van der Waals surface area contributed by atoms with E-state index < -0.39 is 18.2 Å². The first-order valence-electron chi connectivity index (χ1n) is 25.2. The quantitative estimate of drug-likeness (QED) is 0.0246. The van der Waals surface area contributed by atoms with Crippen LogP contribution >= 0.6 is 0 Å². The Morgan fingerprint density at radius 1 is 0.500 bits per heavy atom. The largest absolute Gasteiger partial charge is 0.462 e. The van der Waals surface area contributed by atoms with Crippen LogP contribution in [0.5, 0.6) is 0 Å². The van der Waals surface area contributed by atoms with Crippen molar-refractivity contribution in [1.29, 1.82) is 0 Å². The number of hydrogen-bond donors (Lipinski definition) is 3. The lowest BCUT2D eigenvalue weighted by molar-refractivity contribution is -0.151. The van der Waals surface area contributed by atoms with Crippen molar-refractivity contribution in [2.75, 3.05) is 6.61 Å². The van der Waals surface area contributed by atoms with Crippen LogP contribution < -0.4 is 5.32 Å². The van der Waals surface area contributed by atoms with Crippen LogP contribution in [-0.4, -0.2) is 46.9 Å². The molecule has 6 heteroatoms. The van der Waals surface area contributed by atoms with Crippen LogP contribution in [0.25, 0.3) is 0 Å². The summed E-state index contributed by atoms with van der Waals surface area (Å²) in [6.07, 6.45) is 53.5. The number of hydrogen-bond acceptors (Lipinski definition) is 5. The number of unbranched alkanes of at least 4 members (excludes halogenated alkanes) is 28. The van der Waals surface area contributed by atoms with Gasteiger partial charge in [-0.05, 0) is 70.6 Å². The van der Waals surface area contributed by atoms with Crippen LogP contribution in [0.2, 0.25) is 0 Å². The molecule has 58 heavy (non-hydrogen) atoms. The summed E-state index contributed by atoms with van der Waals surface area (Å²) in [6.45, 7) is 6.41. The molecule has 0 aromatic carbocycles. The lowest BCUT2D eigenvalue weighted by Crippen LogP contribution is -2.46. The van der Waals surface area contributed by atoms with Crippen molar-refractivity contribution in [2.24, 2.45) is 0 Å². The summed E-state index contributed by atoms with van der Waals surface area (Å²) in [5.41, 5.74) is 0. The highest BCUT2D eigenvalue weighted by atomic mass is 16.5. The molecule has 0 spiro atoms. The third-order valence-electron chi connectivity index (χ3n) is 11.5. The first kappa shape index (κ1) is 56.1. The first-order chi connectivity index (χ1) is 28.5. The van der Waals surface area contributed by atoms with Crippen molar-refractivity contribution in [3.05, 3.63) is 36.5 Å². The minimum absolute atomic E-state index is 0.0582. The molecule has 3 unspecified atom stereocenters. The van der Waals surface area contributed by atoms with E-state index in [1.807, 2.05) is 0 Å². The van der Waals surface area contributed by atoms with E-state index in [1.165, 1.54) is 128 Å². The number of esters is 1. The van der Waals surface area contributed by atoms with E-state index in [-0.39, 0.29) is 24.9 Å². The Morgan fingerprint density at radius 2 is 0.914 bits per heavy atom. The van der Waals surface area contributed by atoms with Gasteiger partial charge in [0.1, 0.15) is 6.10 Å². The van der Waals surface area contributed by atoms with Gasteiger partial charge in [0, 0.05) is 6.42 Å². The topological polar surface area (TPSA) is 95.9 Å². The predicted molar refractivity (Wildman–Crippen MR) is 250 cm³/mol. The number of carbonyl (C=O) groups excluding carboxylic acids is 2. The van der Waals surface area contributed by atoms with Crippen molar-refractivity contribution in [1.82, 2.24) is 5.32 Å². The van der Waals surface area contributed by atoms with E-state index >= 15 is 0 Å². The lowest BCUT2D eigenvalue weighted by atomic mass is 10.0. The van der Waals surface area contributed by atoms with Gasteiger partial charge in [-0.1, -0.05) is 211 Å². The Balaban J connectivity index is 4.61. The second-order valence-corrected chi connectivity index (χ2v) is 17.2. The Bertz CT molecular complexity index is 961. The Labute approximate surface area is 360 Å². The summed E-state index contributed by atoms with van der Waals surface area (Å²) in [5.74, 6) is -0.506. The number of rotatable bonds is 45.